The van der Waals surface area contributed by atoms with Crippen molar-refractivity contribution in [2.45, 2.75) is 6.92 Å². The number of rotatable bonds is 3. The fourth-order valence-corrected chi connectivity index (χ4v) is 4.09. The van der Waals surface area contributed by atoms with Gasteiger partial charge < -0.3 is 0 Å². The van der Waals surface area contributed by atoms with Gasteiger partial charge in [0.1, 0.15) is 4.83 Å². The van der Waals surface area contributed by atoms with E-state index in [4.69, 9.17) is 34.8 Å². The average molecular weight is 390 g/mol. The maximum absolute atomic E-state index is 12.3. The first kappa shape index (κ1) is 16.4. The summed E-state index contributed by atoms with van der Waals surface area (Å²) in [5.74, 6) is -0.285. The van der Waals surface area contributed by atoms with Crippen LogP contribution in [0, 0.1) is 6.92 Å². The van der Waals surface area contributed by atoms with Gasteiger partial charge in [-0.3, -0.25) is 20.3 Å². The van der Waals surface area contributed by atoms with E-state index in [1.807, 2.05) is 20.0 Å². The Morgan fingerprint density at radius 3 is 2.48 bits per heavy atom. The van der Waals surface area contributed by atoms with Gasteiger partial charge in [0, 0.05) is 17.5 Å². The molecule has 3 rings (SSSR count). The topological polar surface area (TPSA) is 59.0 Å². The zero-order valence-electron chi connectivity index (χ0n) is 12.1. The highest BCUT2D eigenvalue weighted by Crippen LogP contribution is 2.33. The number of hydrazine groups is 1. The zero-order valence-corrected chi connectivity index (χ0v) is 15.2. The molecule has 2 N–H and O–H groups in total. The Kier molecular flexibility index (Phi) is 4.42. The van der Waals surface area contributed by atoms with Crippen molar-refractivity contribution in [3.05, 3.63) is 43.8 Å². The minimum Gasteiger partial charge on any atom is -0.295 e. The van der Waals surface area contributed by atoms with Gasteiger partial charge in [-0.1, -0.05) is 34.8 Å². The van der Waals surface area contributed by atoms with Crippen LogP contribution in [-0.2, 0) is 7.05 Å². The van der Waals surface area contributed by atoms with Crippen molar-refractivity contribution in [1.29, 1.82) is 0 Å². The molecule has 120 valence electrons. The number of benzene rings is 1. The Balaban J connectivity index is 1.80. The molecule has 0 atom stereocenters. The molecule has 0 unspecified atom stereocenters. The Hall–Kier alpha value is -1.47. The van der Waals surface area contributed by atoms with Crippen LogP contribution in [0.4, 0.5) is 5.69 Å². The van der Waals surface area contributed by atoms with E-state index < -0.39 is 0 Å². The third kappa shape index (κ3) is 3.12. The van der Waals surface area contributed by atoms with E-state index in [0.717, 1.165) is 15.9 Å². The number of thiophene rings is 1. The Morgan fingerprint density at radius 1 is 1.22 bits per heavy atom. The van der Waals surface area contributed by atoms with Crippen LogP contribution >= 0.6 is 46.1 Å². The summed E-state index contributed by atoms with van der Waals surface area (Å²) < 4.78 is 1.76. The molecule has 1 amide bonds. The largest absolute Gasteiger partial charge is 0.295 e. The van der Waals surface area contributed by atoms with E-state index in [1.54, 1.807) is 4.68 Å². The molecule has 0 aliphatic rings. The lowest BCUT2D eigenvalue weighted by Crippen LogP contribution is -2.29. The number of nitrogens with zero attached hydrogens (tertiary/aromatic N) is 2. The molecule has 0 fully saturated rings. The van der Waals surface area contributed by atoms with Gasteiger partial charge in [0.05, 0.1) is 26.3 Å². The summed E-state index contributed by atoms with van der Waals surface area (Å²) >= 11 is 19.3. The molecular formula is C14H11Cl3N4OS. The molecule has 0 saturated heterocycles. The molecule has 0 bridgehead atoms. The maximum Gasteiger partial charge on any atom is 0.279 e. The van der Waals surface area contributed by atoms with Crippen LogP contribution in [0.15, 0.2) is 18.2 Å². The number of halogens is 3. The number of aromatic nitrogens is 2. The van der Waals surface area contributed by atoms with Crippen molar-refractivity contribution in [3.8, 4) is 0 Å². The lowest BCUT2D eigenvalue weighted by atomic mass is 10.3. The molecule has 0 radical (unpaired) electrons. The number of amides is 1. The molecular weight excluding hydrogens is 379 g/mol. The predicted molar refractivity (Wildman–Crippen MR) is 95.9 cm³/mol. The van der Waals surface area contributed by atoms with E-state index in [1.165, 1.54) is 23.5 Å². The van der Waals surface area contributed by atoms with Crippen LogP contribution in [-0.4, -0.2) is 15.7 Å². The SMILES string of the molecule is Cc1nn(C)c2sc(C(=O)NNc3c(Cl)cc(Cl)cc3Cl)cc12. The van der Waals surface area contributed by atoms with E-state index in [2.05, 4.69) is 16.0 Å². The van der Waals surface area contributed by atoms with Crippen LogP contribution in [0.2, 0.25) is 15.1 Å². The van der Waals surface area contributed by atoms with Crippen LogP contribution in [0.25, 0.3) is 10.2 Å². The first-order chi connectivity index (χ1) is 10.9. The van der Waals surface area contributed by atoms with Gasteiger partial charge in [-0.2, -0.15) is 5.10 Å². The Bertz CT molecular complexity index is 861. The molecule has 3 aromatic rings. The van der Waals surface area contributed by atoms with Gasteiger partial charge in [-0.15, -0.1) is 11.3 Å². The van der Waals surface area contributed by atoms with Gasteiger partial charge in [0.15, 0.2) is 0 Å². The number of anilines is 1. The first-order valence-corrected chi connectivity index (χ1v) is 8.46. The highest BCUT2D eigenvalue weighted by molar-refractivity contribution is 7.20. The molecule has 9 heteroatoms. The normalized spacial score (nSPS) is 11.0. The fourth-order valence-electron chi connectivity index (χ4n) is 2.16. The van der Waals surface area contributed by atoms with Crippen LogP contribution < -0.4 is 10.9 Å². The van der Waals surface area contributed by atoms with E-state index in [-0.39, 0.29) is 5.91 Å². The standard InChI is InChI=1S/C14H11Cl3N4OS/c1-6-8-5-11(23-14(8)21(2)20-6)13(22)19-18-12-9(16)3-7(15)4-10(12)17/h3-5,18H,1-2H3,(H,19,22). The molecule has 1 aromatic carbocycles. The van der Waals surface area contributed by atoms with E-state index >= 15 is 0 Å². The number of carbonyl (C=O) groups excluding carboxylic acids is 1. The van der Waals surface area contributed by atoms with Crippen molar-refractivity contribution in [3.63, 3.8) is 0 Å². The second kappa shape index (κ2) is 6.20. The lowest BCUT2D eigenvalue weighted by Gasteiger charge is -2.11. The highest BCUT2D eigenvalue weighted by atomic mass is 35.5. The van der Waals surface area contributed by atoms with Gasteiger partial charge in [0.2, 0.25) is 0 Å². The van der Waals surface area contributed by atoms with Crippen molar-refractivity contribution in [2.75, 3.05) is 5.43 Å². The third-order valence-corrected chi connectivity index (χ3v) is 5.24. The predicted octanol–water partition coefficient (Wildman–Crippen LogP) is 4.66. The smallest absolute Gasteiger partial charge is 0.279 e. The molecule has 23 heavy (non-hydrogen) atoms. The lowest BCUT2D eigenvalue weighted by molar-refractivity contribution is 0.0967. The number of carbonyl (C=O) groups is 1. The van der Waals surface area contributed by atoms with Crippen LogP contribution in [0.1, 0.15) is 15.4 Å². The molecule has 0 aliphatic carbocycles. The zero-order chi connectivity index (χ0) is 16.7. The number of hydrogen-bond acceptors (Lipinski definition) is 4. The van der Waals surface area contributed by atoms with Crippen molar-refractivity contribution in [1.82, 2.24) is 15.2 Å². The summed E-state index contributed by atoms with van der Waals surface area (Å²) in [4.78, 5) is 13.8. The number of fused-ring (bicyclic) bond motifs is 1. The summed E-state index contributed by atoms with van der Waals surface area (Å²) in [6.45, 7) is 1.91. The number of hydrogen-bond donors (Lipinski definition) is 2. The third-order valence-electron chi connectivity index (χ3n) is 3.23. The monoisotopic (exact) mass is 388 g/mol. The van der Waals surface area contributed by atoms with Crippen molar-refractivity contribution in [2.24, 2.45) is 7.05 Å². The Labute approximate surface area is 151 Å². The molecule has 2 heterocycles. The van der Waals surface area contributed by atoms with Crippen LogP contribution in [0.5, 0.6) is 0 Å². The number of aryl methyl sites for hydroxylation is 2. The minimum absolute atomic E-state index is 0.285. The molecule has 0 spiro atoms. The fraction of sp³-hybridized carbons (Fsp3) is 0.143. The first-order valence-electron chi connectivity index (χ1n) is 6.51. The average Bonchev–Trinajstić information content (AvgIpc) is 3.00. The summed E-state index contributed by atoms with van der Waals surface area (Å²) in [6.07, 6.45) is 0. The van der Waals surface area contributed by atoms with Gasteiger partial charge in [0.25, 0.3) is 5.91 Å². The van der Waals surface area contributed by atoms with Crippen LogP contribution in [0.3, 0.4) is 0 Å². The Morgan fingerprint density at radius 2 is 1.87 bits per heavy atom. The highest BCUT2D eigenvalue weighted by Gasteiger charge is 2.16. The molecule has 0 aliphatic heterocycles. The second-order valence-corrected chi connectivity index (χ2v) is 7.14. The quantitative estimate of drug-likeness (QED) is 0.640. The molecule has 2 aromatic heterocycles. The summed E-state index contributed by atoms with van der Waals surface area (Å²) in [5, 5.41) is 6.33. The van der Waals surface area contributed by atoms with Gasteiger partial charge in [-0.05, 0) is 25.1 Å². The second-order valence-electron chi connectivity index (χ2n) is 4.86. The minimum atomic E-state index is -0.285. The van der Waals surface area contributed by atoms with E-state index in [9.17, 15) is 4.79 Å². The van der Waals surface area contributed by atoms with E-state index in [0.29, 0.717) is 25.6 Å². The summed E-state index contributed by atoms with van der Waals surface area (Å²) in [5.41, 5.74) is 6.60. The van der Waals surface area contributed by atoms with Crippen molar-refractivity contribution >= 4 is 68.0 Å². The maximum atomic E-state index is 12.3. The molecule has 5 nitrogen and oxygen atoms in total. The summed E-state index contributed by atoms with van der Waals surface area (Å²) in [6, 6.07) is 4.89. The number of nitrogens with one attached hydrogen (secondary N) is 2. The van der Waals surface area contributed by atoms with Gasteiger partial charge in [-0.25, -0.2) is 0 Å². The summed E-state index contributed by atoms with van der Waals surface area (Å²) in [7, 11) is 1.85. The van der Waals surface area contributed by atoms with Crippen molar-refractivity contribution < 1.29 is 4.79 Å². The van der Waals surface area contributed by atoms with Gasteiger partial charge >= 0.3 is 0 Å². The molecule has 0 saturated carbocycles.